The molecule has 0 aliphatic rings. The predicted octanol–water partition coefficient (Wildman–Crippen LogP) is -0.479. The summed E-state index contributed by atoms with van der Waals surface area (Å²) in [5.74, 6) is -1.24. The second-order valence-electron chi connectivity index (χ2n) is 2.58. The van der Waals surface area contributed by atoms with Crippen molar-refractivity contribution in [2.24, 2.45) is 5.73 Å². The van der Waals surface area contributed by atoms with Crippen LogP contribution in [0.4, 0.5) is 0 Å². The molecule has 0 aliphatic carbocycles. The Morgan fingerprint density at radius 2 is 1.92 bits per heavy atom. The molecule has 0 rings (SSSR count). The Morgan fingerprint density at radius 3 is 2.23 bits per heavy atom. The summed E-state index contributed by atoms with van der Waals surface area (Å²) < 4.78 is 10.6. The zero-order valence-corrected chi connectivity index (χ0v) is 7.89. The van der Waals surface area contributed by atoms with E-state index in [1.807, 2.05) is 0 Å². The van der Waals surface area contributed by atoms with Crippen molar-refractivity contribution in [2.75, 3.05) is 0 Å². The second kappa shape index (κ2) is 4.53. The van der Waals surface area contributed by atoms with Crippen molar-refractivity contribution < 1.29 is 24.3 Å². The lowest BCUT2D eigenvalue weighted by Gasteiger charge is -2.08. The molecular formula is C6H12NO5P. The van der Waals surface area contributed by atoms with E-state index in [1.165, 1.54) is 6.92 Å². The number of nitrogens with two attached hydrogens (primary N) is 1. The van der Waals surface area contributed by atoms with E-state index in [0.717, 1.165) is 12.2 Å². The summed E-state index contributed by atoms with van der Waals surface area (Å²) in [5.41, 5.74) is 4.05. The van der Waals surface area contributed by atoms with Crippen LogP contribution in [-0.2, 0) is 9.36 Å². The molecule has 0 spiro atoms. The number of hydrogen-bond donors (Lipinski definition) is 4. The number of carbonyl (C=O) groups is 1. The molecule has 0 amide bonds. The van der Waals surface area contributed by atoms with Crippen LogP contribution in [0.15, 0.2) is 12.2 Å². The fourth-order valence-electron chi connectivity index (χ4n) is 0.475. The molecule has 0 aromatic carbocycles. The summed E-state index contributed by atoms with van der Waals surface area (Å²) in [5, 5.41) is 8.33. The Morgan fingerprint density at radius 1 is 1.46 bits per heavy atom. The van der Waals surface area contributed by atoms with Crippen LogP contribution in [0.5, 0.6) is 0 Å². The topological polar surface area (TPSA) is 121 Å². The van der Waals surface area contributed by atoms with Gasteiger partial charge in [-0.05, 0) is 6.92 Å². The first-order valence-corrected chi connectivity index (χ1v) is 5.15. The number of carboxylic acid groups (broad SMARTS) is 1. The van der Waals surface area contributed by atoms with E-state index in [-0.39, 0.29) is 0 Å². The highest BCUT2D eigenvalue weighted by atomic mass is 31.2. The molecule has 76 valence electrons. The van der Waals surface area contributed by atoms with Gasteiger partial charge in [-0.1, -0.05) is 12.2 Å². The maximum absolute atomic E-state index is 10.6. The van der Waals surface area contributed by atoms with Crippen molar-refractivity contribution in [3.8, 4) is 0 Å². The zero-order chi connectivity index (χ0) is 10.6. The minimum Gasteiger partial charge on any atom is -0.480 e. The van der Waals surface area contributed by atoms with E-state index in [9.17, 15) is 9.36 Å². The van der Waals surface area contributed by atoms with Crippen LogP contribution in [-0.4, -0.2) is 32.6 Å². The van der Waals surface area contributed by atoms with Gasteiger partial charge < -0.3 is 20.6 Å². The summed E-state index contributed by atoms with van der Waals surface area (Å²) in [6.07, 6.45) is 2.14. The van der Waals surface area contributed by atoms with E-state index in [0.29, 0.717) is 0 Å². The van der Waals surface area contributed by atoms with Gasteiger partial charge in [-0.15, -0.1) is 0 Å². The minimum absolute atomic E-state index is 1.02. The molecule has 5 N–H and O–H groups in total. The van der Waals surface area contributed by atoms with Crippen LogP contribution in [0.2, 0.25) is 0 Å². The monoisotopic (exact) mass is 209 g/mol. The molecule has 0 fully saturated rings. The molecule has 0 saturated carbocycles. The largest absolute Gasteiger partial charge is 0.480 e. The molecule has 0 saturated heterocycles. The van der Waals surface area contributed by atoms with Gasteiger partial charge in [0.25, 0.3) is 0 Å². The summed E-state index contributed by atoms with van der Waals surface area (Å²) in [6.45, 7) is 1.28. The molecule has 0 radical (unpaired) electrons. The maximum Gasteiger partial charge on any atom is 0.332 e. The van der Waals surface area contributed by atoms with Gasteiger partial charge in [-0.2, -0.15) is 0 Å². The third-order valence-electron chi connectivity index (χ3n) is 1.41. The first-order chi connectivity index (χ1) is 5.75. The van der Waals surface area contributed by atoms with Crippen LogP contribution >= 0.6 is 7.60 Å². The lowest BCUT2D eigenvalue weighted by atomic mass is 10.2. The Kier molecular flexibility index (Phi) is 4.29. The minimum atomic E-state index is -4.18. The van der Waals surface area contributed by atoms with Crippen LogP contribution in [0.3, 0.4) is 0 Å². The normalized spacial score (nSPS) is 17.2. The summed E-state index contributed by atoms with van der Waals surface area (Å²) in [6, 6.07) is -1.23. The Bertz CT molecular complexity index is 258. The number of rotatable bonds is 4. The number of hydrogen-bond acceptors (Lipinski definition) is 3. The van der Waals surface area contributed by atoms with E-state index in [4.69, 9.17) is 20.6 Å². The molecular weight excluding hydrogens is 197 g/mol. The molecule has 0 heterocycles. The SMILES string of the molecule is CC(/C=C/C(N)C(=O)O)P(=O)(O)O. The van der Waals surface area contributed by atoms with E-state index in [1.54, 1.807) is 0 Å². The van der Waals surface area contributed by atoms with Crippen LogP contribution in [0.25, 0.3) is 0 Å². The van der Waals surface area contributed by atoms with Crippen molar-refractivity contribution in [2.45, 2.75) is 18.6 Å². The summed E-state index contributed by atoms with van der Waals surface area (Å²) in [7, 11) is -4.18. The quantitative estimate of drug-likeness (QED) is 0.366. The van der Waals surface area contributed by atoms with Crippen LogP contribution < -0.4 is 5.73 Å². The molecule has 0 aromatic rings. The zero-order valence-electron chi connectivity index (χ0n) is 6.99. The highest BCUT2D eigenvalue weighted by Gasteiger charge is 2.21. The maximum atomic E-state index is 10.6. The van der Waals surface area contributed by atoms with Gasteiger partial charge >= 0.3 is 13.6 Å². The molecule has 6 nitrogen and oxygen atoms in total. The van der Waals surface area contributed by atoms with E-state index < -0.39 is 25.3 Å². The highest BCUT2D eigenvalue weighted by Crippen LogP contribution is 2.41. The molecule has 7 heteroatoms. The van der Waals surface area contributed by atoms with Crippen molar-refractivity contribution >= 4 is 13.6 Å². The van der Waals surface area contributed by atoms with Gasteiger partial charge in [0.15, 0.2) is 0 Å². The van der Waals surface area contributed by atoms with Crippen molar-refractivity contribution in [1.82, 2.24) is 0 Å². The Hall–Kier alpha value is -0.680. The van der Waals surface area contributed by atoms with Crippen molar-refractivity contribution in [1.29, 1.82) is 0 Å². The first-order valence-electron chi connectivity index (χ1n) is 3.47. The fraction of sp³-hybridized carbons (Fsp3) is 0.500. The van der Waals surface area contributed by atoms with Crippen molar-refractivity contribution in [3.05, 3.63) is 12.2 Å². The first kappa shape index (κ1) is 12.3. The van der Waals surface area contributed by atoms with Gasteiger partial charge in [0.05, 0.1) is 5.66 Å². The smallest absolute Gasteiger partial charge is 0.332 e. The molecule has 2 atom stereocenters. The molecule has 2 unspecified atom stereocenters. The fourth-order valence-corrected chi connectivity index (χ4v) is 0.799. The average Bonchev–Trinajstić information content (AvgIpc) is 1.97. The third kappa shape index (κ3) is 4.80. The van der Waals surface area contributed by atoms with Gasteiger partial charge in [0, 0.05) is 0 Å². The van der Waals surface area contributed by atoms with Gasteiger partial charge in [0.1, 0.15) is 6.04 Å². The number of allylic oxidation sites excluding steroid dienone is 1. The number of aliphatic carboxylic acids is 1. The van der Waals surface area contributed by atoms with E-state index in [2.05, 4.69) is 0 Å². The lowest BCUT2D eigenvalue weighted by molar-refractivity contribution is -0.137. The van der Waals surface area contributed by atoms with Gasteiger partial charge in [-0.3, -0.25) is 9.36 Å². The number of carboxylic acids is 1. The molecule has 0 aliphatic heterocycles. The molecule has 13 heavy (non-hydrogen) atoms. The molecule has 0 aromatic heterocycles. The average molecular weight is 209 g/mol. The Balaban J connectivity index is 4.29. The molecule has 0 bridgehead atoms. The van der Waals surface area contributed by atoms with Crippen LogP contribution in [0.1, 0.15) is 6.92 Å². The predicted molar refractivity (Wildman–Crippen MR) is 46.3 cm³/mol. The van der Waals surface area contributed by atoms with Crippen LogP contribution in [0, 0.1) is 0 Å². The lowest BCUT2D eigenvalue weighted by Crippen LogP contribution is -2.27. The standard InChI is InChI=1S/C6H12NO5P/c1-4(13(10,11)12)2-3-5(7)6(8)9/h2-5H,7H2,1H3,(H,8,9)(H2,10,11,12)/b3-2+. The van der Waals surface area contributed by atoms with E-state index >= 15 is 0 Å². The third-order valence-corrected chi connectivity index (χ3v) is 2.65. The van der Waals surface area contributed by atoms with Gasteiger partial charge in [-0.25, -0.2) is 0 Å². The highest BCUT2D eigenvalue weighted by molar-refractivity contribution is 7.52. The van der Waals surface area contributed by atoms with Crippen molar-refractivity contribution in [3.63, 3.8) is 0 Å². The Labute approximate surface area is 75.2 Å². The second-order valence-corrected chi connectivity index (χ2v) is 4.57. The summed E-state index contributed by atoms with van der Waals surface area (Å²) >= 11 is 0. The van der Waals surface area contributed by atoms with Gasteiger partial charge in [0.2, 0.25) is 0 Å². The summed E-state index contributed by atoms with van der Waals surface area (Å²) in [4.78, 5) is 27.4.